The molecule has 0 aliphatic carbocycles. The summed E-state index contributed by atoms with van der Waals surface area (Å²) in [5.74, 6) is -0.00000794. The van der Waals surface area contributed by atoms with Crippen LogP contribution in [0, 0.1) is 13.8 Å². The van der Waals surface area contributed by atoms with Gasteiger partial charge in [-0.25, -0.2) is 4.90 Å². The van der Waals surface area contributed by atoms with Crippen molar-refractivity contribution in [3.63, 3.8) is 0 Å². The maximum atomic E-state index is 13.0. The van der Waals surface area contributed by atoms with E-state index < -0.39 is 12.1 Å². The van der Waals surface area contributed by atoms with Crippen molar-refractivity contribution in [2.24, 2.45) is 10.3 Å². The van der Waals surface area contributed by atoms with Gasteiger partial charge in [0, 0.05) is 5.56 Å². The molecule has 3 aromatic rings. The second-order valence-corrected chi connectivity index (χ2v) is 7.42. The van der Waals surface area contributed by atoms with Crippen molar-refractivity contribution in [1.82, 2.24) is 15.1 Å². The second-order valence-electron chi connectivity index (χ2n) is 7.42. The molecule has 5 rings (SSSR count). The summed E-state index contributed by atoms with van der Waals surface area (Å²) in [6, 6.07) is 13.3. The highest BCUT2D eigenvalue weighted by Gasteiger charge is 2.55. The van der Waals surface area contributed by atoms with Gasteiger partial charge < -0.3 is 4.52 Å². The Morgan fingerprint density at radius 3 is 2.57 bits per heavy atom. The molecule has 1 saturated heterocycles. The Kier molecular flexibility index (Phi) is 4.16. The van der Waals surface area contributed by atoms with Gasteiger partial charge in [-0.3, -0.25) is 14.6 Å². The summed E-state index contributed by atoms with van der Waals surface area (Å²) < 4.78 is 5.34. The van der Waals surface area contributed by atoms with Gasteiger partial charge in [0.15, 0.2) is 12.1 Å². The van der Waals surface area contributed by atoms with E-state index in [-0.39, 0.29) is 18.4 Å². The molecule has 0 spiro atoms. The van der Waals surface area contributed by atoms with Gasteiger partial charge in [-0.05, 0) is 32.0 Å². The van der Waals surface area contributed by atoms with Crippen LogP contribution in [0.2, 0.25) is 0 Å². The van der Waals surface area contributed by atoms with Crippen LogP contribution in [-0.2, 0) is 16.1 Å². The van der Waals surface area contributed by atoms with E-state index in [9.17, 15) is 9.59 Å². The number of fused-ring (bicyclic) bond motifs is 1. The van der Waals surface area contributed by atoms with E-state index in [1.54, 1.807) is 12.1 Å². The van der Waals surface area contributed by atoms with E-state index in [1.165, 1.54) is 9.91 Å². The van der Waals surface area contributed by atoms with Crippen LogP contribution in [0.25, 0.3) is 11.4 Å². The largest absolute Gasteiger partial charge is 0.337 e. The molecule has 2 amide bonds. The minimum atomic E-state index is -0.863. The fourth-order valence-corrected chi connectivity index (χ4v) is 3.66. The van der Waals surface area contributed by atoms with Crippen molar-refractivity contribution in [3.05, 3.63) is 65.5 Å². The van der Waals surface area contributed by atoms with Gasteiger partial charge in [-0.15, -0.1) is 0 Å². The summed E-state index contributed by atoms with van der Waals surface area (Å²) in [5, 5.41) is 13.5. The SMILES string of the molecule is Cc1ccc(N2C(=O)[C@H]3N=NN(Cc4nc(-c5cccc(C)c5)no4)[C@@H]3C2=O)cc1. The summed E-state index contributed by atoms with van der Waals surface area (Å²) in [6.07, 6.45) is 0. The van der Waals surface area contributed by atoms with Crippen LogP contribution >= 0.6 is 0 Å². The number of benzene rings is 2. The molecule has 9 heteroatoms. The van der Waals surface area contributed by atoms with Crippen LogP contribution in [0.1, 0.15) is 17.0 Å². The van der Waals surface area contributed by atoms with Crippen LogP contribution in [-0.4, -0.2) is 39.0 Å². The topological polar surface area (TPSA) is 104 Å². The minimum Gasteiger partial charge on any atom is -0.337 e. The maximum Gasteiger partial charge on any atom is 0.263 e. The molecular weight excluding hydrogens is 384 g/mol. The molecule has 0 radical (unpaired) electrons. The third-order valence-corrected chi connectivity index (χ3v) is 5.19. The van der Waals surface area contributed by atoms with Crippen LogP contribution in [0.15, 0.2) is 63.4 Å². The number of hydrogen-bond donors (Lipinski definition) is 0. The standard InChI is InChI=1S/C21H18N6O3/c1-12-6-8-15(9-7-12)27-20(28)17-18(21(27)29)26(25-23-17)11-16-22-19(24-30-16)14-5-3-4-13(2)10-14/h3-10,17-18H,11H2,1-2H3/t17-,18-/m0/s1. The number of aryl methyl sites for hydroxylation is 2. The Morgan fingerprint density at radius 2 is 1.80 bits per heavy atom. The smallest absolute Gasteiger partial charge is 0.263 e. The van der Waals surface area contributed by atoms with E-state index in [0.717, 1.165) is 16.7 Å². The molecule has 3 heterocycles. The molecule has 2 aliphatic rings. The number of carbonyl (C=O) groups is 2. The Hall–Kier alpha value is -3.88. The molecule has 0 unspecified atom stereocenters. The molecule has 0 bridgehead atoms. The van der Waals surface area contributed by atoms with Gasteiger partial charge in [-0.1, -0.05) is 51.8 Å². The van der Waals surface area contributed by atoms with Gasteiger partial charge in [0.05, 0.1) is 5.69 Å². The molecule has 150 valence electrons. The van der Waals surface area contributed by atoms with Gasteiger partial charge >= 0.3 is 0 Å². The van der Waals surface area contributed by atoms with Crippen molar-refractivity contribution in [2.75, 3.05) is 4.90 Å². The number of rotatable bonds is 4. The van der Waals surface area contributed by atoms with E-state index in [0.29, 0.717) is 17.4 Å². The summed E-state index contributed by atoms with van der Waals surface area (Å²) in [6.45, 7) is 4.01. The Bertz CT molecular complexity index is 1170. The summed E-state index contributed by atoms with van der Waals surface area (Å²) in [5.41, 5.74) is 3.49. The number of imide groups is 1. The van der Waals surface area contributed by atoms with Gasteiger partial charge in [-0.2, -0.15) is 10.1 Å². The Labute approximate surface area is 172 Å². The van der Waals surface area contributed by atoms with Crippen LogP contribution in [0.3, 0.4) is 0 Å². The highest BCUT2D eigenvalue weighted by Crippen LogP contribution is 2.32. The van der Waals surface area contributed by atoms with Crippen molar-refractivity contribution in [2.45, 2.75) is 32.5 Å². The molecule has 1 fully saturated rings. The van der Waals surface area contributed by atoms with Gasteiger partial charge in [0.25, 0.3) is 11.8 Å². The lowest BCUT2D eigenvalue weighted by molar-refractivity contribution is -0.123. The zero-order valence-electron chi connectivity index (χ0n) is 16.4. The van der Waals surface area contributed by atoms with Crippen LogP contribution in [0.5, 0.6) is 0 Å². The number of aromatic nitrogens is 2. The summed E-state index contributed by atoms with van der Waals surface area (Å²) >= 11 is 0. The van der Waals surface area contributed by atoms with Crippen molar-refractivity contribution in [1.29, 1.82) is 0 Å². The highest BCUT2D eigenvalue weighted by molar-refractivity contribution is 6.25. The first-order chi connectivity index (χ1) is 14.5. The quantitative estimate of drug-likeness (QED) is 0.622. The predicted octanol–water partition coefficient (Wildman–Crippen LogP) is 2.85. The first kappa shape index (κ1) is 18.2. The van der Waals surface area contributed by atoms with E-state index in [1.807, 2.05) is 50.2 Å². The second kappa shape index (κ2) is 6.87. The summed E-state index contributed by atoms with van der Waals surface area (Å²) in [4.78, 5) is 31.4. The lowest BCUT2D eigenvalue weighted by atomic mass is 10.1. The number of carbonyl (C=O) groups excluding carboxylic acids is 2. The molecule has 2 atom stereocenters. The number of anilines is 1. The fraction of sp³-hybridized carbons (Fsp3) is 0.238. The fourth-order valence-electron chi connectivity index (χ4n) is 3.66. The average Bonchev–Trinajstić information content (AvgIpc) is 3.42. The Morgan fingerprint density at radius 1 is 1.00 bits per heavy atom. The van der Waals surface area contributed by atoms with Gasteiger partial charge in [0.2, 0.25) is 11.7 Å². The third-order valence-electron chi connectivity index (χ3n) is 5.19. The molecule has 2 aliphatic heterocycles. The average molecular weight is 402 g/mol. The lowest BCUT2D eigenvalue weighted by Crippen LogP contribution is -2.39. The van der Waals surface area contributed by atoms with Crippen molar-refractivity contribution in [3.8, 4) is 11.4 Å². The van der Waals surface area contributed by atoms with E-state index in [2.05, 4.69) is 20.5 Å². The Balaban J connectivity index is 1.36. The maximum absolute atomic E-state index is 13.0. The van der Waals surface area contributed by atoms with E-state index >= 15 is 0 Å². The molecule has 0 saturated carbocycles. The lowest BCUT2D eigenvalue weighted by Gasteiger charge is -2.19. The van der Waals surface area contributed by atoms with Crippen LogP contribution < -0.4 is 4.90 Å². The molecular formula is C21H18N6O3. The minimum absolute atomic E-state index is 0.0875. The highest BCUT2D eigenvalue weighted by atomic mass is 16.5. The molecule has 2 aromatic carbocycles. The van der Waals surface area contributed by atoms with Gasteiger partial charge in [0.1, 0.15) is 6.54 Å². The van der Waals surface area contributed by atoms with Crippen LogP contribution in [0.4, 0.5) is 5.69 Å². The molecule has 0 N–H and O–H groups in total. The number of hydrogen-bond acceptors (Lipinski definition) is 8. The first-order valence-electron chi connectivity index (χ1n) is 9.53. The molecule has 9 nitrogen and oxygen atoms in total. The molecule has 30 heavy (non-hydrogen) atoms. The zero-order chi connectivity index (χ0) is 20.8. The third kappa shape index (κ3) is 2.95. The van der Waals surface area contributed by atoms with Crippen molar-refractivity contribution >= 4 is 17.5 Å². The predicted molar refractivity (Wildman–Crippen MR) is 106 cm³/mol. The normalized spacial score (nSPS) is 20.3. The monoisotopic (exact) mass is 402 g/mol. The van der Waals surface area contributed by atoms with Crippen molar-refractivity contribution < 1.29 is 14.1 Å². The van der Waals surface area contributed by atoms with E-state index in [4.69, 9.17) is 4.52 Å². The zero-order valence-corrected chi connectivity index (χ0v) is 16.4. The number of nitrogens with zero attached hydrogens (tertiary/aromatic N) is 6. The summed E-state index contributed by atoms with van der Waals surface area (Å²) in [7, 11) is 0. The molecule has 1 aromatic heterocycles. The number of amides is 2. The first-order valence-corrected chi connectivity index (χ1v) is 9.53.